The van der Waals surface area contributed by atoms with Crippen LogP contribution >= 0.6 is 0 Å². The molecule has 8 heteroatoms. The fourth-order valence-corrected chi connectivity index (χ4v) is 1.19. The number of hydrogen-bond donors (Lipinski definition) is 3. The number of carbonyl (C=O) groups is 1. The summed E-state index contributed by atoms with van der Waals surface area (Å²) in [6.07, 6.45) is -5.19. The van der Waals surface area contributed by atoms with Gasteiger partial charge in [-0.05, 0) is 0 Å². The van der Waals surface area contributed by atoms with E-state index in [4.69, 9.17) is 15.0 Å². The molecule has 5 nitrogen and oxygen atoms in total. The van der Waals surface area contributed by atoms with Gasteiger partial charge >= 0.3 is 6.18 Å². The van der Waals surface area contributed by atoms with E-state index >= 15 is 0 Å². The summed E-state index contributed by atoms with van der Waals surface area (Å²) in [5.41, 5.74) is 0. The summed E-state index contributed by atoms with van der Waals surface area (Å²) in [5, 5.41) is 20.6. The largest absolute Gasteiger partial charge is 0.542 e. The zero-order valence-corrected chi connectivity index (χ0v) is 8.64. The molecule has 0 aromatic heterocycles. The first-order valence-corrected chi connectivity index (χ1v) is 4.81. The molecule has 0 amide bonds. The number of carboxylic acid groups (broad SMARTS) is 1. The second kappa shape index (κ2) is 7.42. The highest BCUT2D eigenvalue weighted by Crippen LogP contribution is 2.11. The molecular formula is C8H15F3N2O3. The maximum Gasteiger partial charge on any atom is 0.430 e. The lowest BCUT2D eigenvalue weighted by Gasteiger charge is -2.23. The van der Waals surface area contributed by atoms with Gasteiger partial charge in [0.15, 0.2) is 0 Å². The Balaban J connectivity index is 0.000000293. The number of aliphatic hydroxyl groups is 1. The lowest BCUT2D eigenvalue weighted by Crippen LogP contribution is -3.15. The molecule has 0 bridgehead atoms. The molecular weight excluding hydrogens is 229 g/mol. The Bertz CT molecular complexity index is 202. The first-order chi connectivity index (χ1) is 7.38. The average Bonchev–Trinajstić information content (AvgIpc) is 2.19. The smallest absolute Gasteiger partial charge is 0.430 e. The molecule has 16 heavy (non-hydrogen) atoms. The highest BCUT2D eigenvalue weighted by molar-refractivity contribution is 5.70. The summed E-state index contributed by atoms with van der Waals surface area (Å²) < 4.78 is 31.5. The van der Waals surface area contributed by atoms with Crippen molar-refractivity contribution in [1.82, 2.24) is 5.32 Å². The number of carboxylic acids is 1. The number of carbonyl (C=O) groups excluding carboxylic acids is 1. The van der Waals surface area contributed by atoms with Crippen molar-refractivity contribution < 1.29 is 33.1 Å². The summed E-state index contributed by atoms with van der Waals surface area (Å²) >= 11 is 0. The maximum atomic E-state index is 10.5. The van der Waals surface area contributed by atoms with Crippen LogP contribution in [-0.4, -0.2) is 56.6 Å². The number of aliphatic carboxylic acids is 1. The molecule has 1 rings (SSSR count). The van der Waals surface area contributed by atoms with Crippen LogP contribution in [0.25, 0.3) is 0 Å². The lowest BCUT2D eigenvalue weighted by atomic mass is 10.4. The van der Waals surface area contributed by atoms with E-state index in [9.17, 15) is 13.2 Å². The molecule has 0 saturated carbocycles. The fourth-order valence-electron chi connectivity index (χ4n) is 1.19. The molecule has 1 heterocycles. The summed E-state index contributed by atoms with van der Waals surface area (Å²) in [5.74, 6) is -3.01. The number of aliphatic hydroxyl groups excluding tert-OH is 1. The summed E-state index contributed by atoms with van der Waals surface area (Å²) in [6.45, 7) is 5.79. The third kappa shape index (κ3) is 7.43. The molecule has 0 aromatic rings. The Kier molecular flexibility index (Phi) is 7.02. The van der Waals surface area contributed by atoms with E-state index in [1.54, 1.807) is 0 Å². The molecule has 1 aliphatic rings. The zero-order chi connectivity index (χ0) is 12.6. The first-order valence-electron chi connectivity index (χ1n) is 4.81. The van der Waals surface area contributed by atoms with Crippen molar-refractivity contribution in [3.63, 3.8) is 0 Å². The van der Waals surface area contributed by atoms with E-state index < -0.39 is 12.1 Å². The van der Waals surface area contributed by atoms with E-state index in [0.29, 0.717) is 6.61 Å². The molecule has 0 aliphatic carbocycles. The number of nitrogens with one attached hydrogen (secondary N) is 2. The second-order valence-electron chi connectivity index (χ2n) is 3.26. The van der Waals surface area contributed by atoms with E-state index in [1.807, 2.05) is 0 Å². The van der Waals surface area contributed by atoms with Gasteiger partial charge in [-0.3, -0.25) is 0 Å². The fraction of sp³-hybridized carbons (Fsp3) is 0.875. The average molecular weight is 244 g/mol. The number of alkyl halides is 3. The molecule has 0 radical (unpaired) electrons. The van der Waals surface area contributed by atoms with Crippen LogP contribution in [0.15, 0.2) is 0 Å². The normalized spacial score (nSPS) is 17.5. The Morgan fingerprint density at radius 1 is 1.38 bits per heavy atom. The predicted molar refractivity (Wildman–Crippen MR) is 46.6 cm³/mol. The van der Waals surface area contributed by atoms with Gasteiger partial charge < -0.3 is 25.2 Å². The van der Waals surface area contributed by atoms with Crippen molar-refractivity contribution in [2.24, 2.45) is 0 Å². The van der Waals surface area contributed by atoms with Crippen LogP contribution in [-0.2, 0) is 4.79 Å². The molecule has 0 spiro atoms. The lowest BCUT2D eigenvalue weighted by molar-refractivity contribution is -0.902. The second-order valence-corrected chi connectivity index (χ2v) is 3.26. The molecule has 0 aromatic carbocycles. The van der Waals surface area contributed by atoms with Gasteiger partial charge in [-0.15, -0.1) is 0 Å². The minimum absolute atomic E-state index is 0.329. The molecule has 0 atom stereocenters. The van der Waals surface area contributed by atoms with Crippen LogP contribution in [0, 0.1) is 0 Å². The van der Waals surface area contributed by atoms with E-state index in [2.05, 4.69) is 5.32 Å². The maximum absolute atomic E-state index is 10.5. The number of rotatable bonds is 2. The van der Waals surface area contributed by atoms with Gasteiger partial charge in [0.05, 0.1) is 19.7 Å². The van der Waals surface area contributed by atoms with Crippen molar-refractivity contribution in [2.75, 3.05) is 39.3 Å². The number of halogens is 3. The van der Waals surface area contributed by atoms with Gasteiger partial charge in [-0.2, -0.15) is 13.2 Å². The van der Waals surface area contributed by atoms with Crippen molar-refractivity contribution in [1.29, 1.82) is 0 Å². The molecule has 1 aliphatic heterocycles. The van der Waals surface area contributed by atoms with E-state index in [-0.39, 0.29) is 0 Å². The van der Waals surface area contributed by atoms with E-state index in [0.717, 1.165) is 19.6 Å². The van der Waals surface area contributed by atoms with Gasteiger partial charge in [0.1, 0.15) is 12.5 Å². The van der Waals surface area contributed by atoms with Crippen LogP contribution < -0.4 is 15.3 Å². The Morgan fingerprint density at radius 3 is 2.12 bits per heavy atom. The molecule has 0 unspecified atom stereocenters. The van der Waals surface area contributed by atoms with Crippen LogP contribution in [0.5, 0.6) is 0 Å². The Hall–Kier alpha value is -0.860. The van der Waals surface area contributed by atoms with Gasteiger partial charge in [-0.25, -0.2) is 0 Å². The SMILES string of the molecule is O=C([O-])C(F)(F)F.OCC[NH+]1CCNCC1. The molecule has 3 N–H and O–H groups in total. The minimum Gasteiger partial charge on any atom is -0.542 e. The van der Waals surface area contributed by atoms with Crippen LogP contribution in [0.4, 0.5) is 13.2 Å². The zero-order valence-electron chi connectivity index (χ0n) is 8.64. The van der Waals surface area contributed by atoms with Crippen molar-refractivity contribution in [2.45, 2.75) is 6.18 Å². The summed E-state index contributed by atoms with van der Waals surface area (Å²) in [6, 6.07) is 0. The molecule has 96 valence electrons. The number of quaternary nitrogens is 1. The Morgan fingerprint density at radius 2 is 1.81 bits per heavy atom. The standard InChI is InChI=1S/C6H14N2O.C2HF3O2/c9-6-5-8-3-1-7-2-4-8;3-2(4,5)1(6)7/h7,9H,1-6H2;(H,6,7). The predicted octanol–water partition coefficient (Wildman–Crippen LogP) is -3.23. The van der Waals surface area contributed by atoms with E-state index in [1.165, 1.54) is 18.0 Å². The van der Waals surface area contributed by atoms with Crippen molar-refractivity contribution >= 4 is 5.97 Å². The number of hydrogen-bond acceptors (Lipinski definition) is 4. The summed E-state index contributed by atoms with van der Waals surface area (Å²) in [7, 11) is 0. The molecule has 1 saturated heterocycles. The van der Waals surface area contributed by atoms with Crippen LogP contribution in [0.2, 0.25) is 0 Å². The third-order valence-corrected chi connectivity index (χ3v) is 2.01. The highest BCUT2D eigenvalue weighted by Gasteiger charge is 2.28. The van der Waals surface area contributed by atoms with Gasteiger partial charge in [0, 0.05) is 13.1 Å². The van der Waals surface area contributed by atoms with Gasteiger partial charge in [-0.1, -0.05) is 0 Å². The minimum atomic E-state index is -5.19. The Labute approximate surface area is 90.9 Å². The van der Waals surface area contributed by atoms with Crippen LogP contribution in [0.3, 0.4) is 0 Å². The summed E-state index contributed by atoms with van der Waals surface area (Å²) in [4.78, 5) is 10.3. The van der Waals surface area contributed by atoms with Gasteiger partial charge in [0.25, 0.3) is 0 Å². The van der Waals surface area contributed by atoms with Crippen LogP contribution in [0.1, 0.15) is 0 Å². The van der Waals surface area contributed by atoms with Crippen molar-refractivity contribution in [3.05, 3.63) is 0 Å². The quantitative estimate of drug-likeness (QED) is 0.477. The highest BCUT2D eigenvalue weighted by atomic mass is 19.4. The topological polar surface area (TPSA) is 76.8 Å². The molecule has 1 fully saturated rings. The third-order valence-electron chi connectivity index (χ3n) is 2.01. The first kappa shape index (κ1) is 15.1. The monoisotopic (exact) mass is 244 g/mol. The number of piperazine rings is 1. The van der Waals surface area contributed by atoms with Gasteiger partial charge in [0.2, 0.25) is 0 Å². The van der Waals surface area contributed by atoms with Crippen molar-refractivity contribution in [3.8, 4) is 0 Å².